The van der Waals surface area contributed by atoms with Gasteiger partial charge in [-0.2, -0.15) is 0 Å². The lowest BCUT2D eigenvalue weighted by Gasteiger charge is -2.05. The van der Waals surface area contributed by atoms with E-state index in [0.29, 0.717) is 6.54 Å². The Hall–Kier alpha value is -1.83. The fourth-order valence-electron chi connectivity index (χ4n) is 2.03. The molecule has 0 bridgehead atoms. The van der Waals surface area contributed by atoms with Crippen LogP contribution in [0.4, 0.5) is 0 Å². The number of amides is 1. The van der Waals surface area contributed by atoms with Crippen molar-refractivity contribution in [2.45, 2.75) is 19.4 Å². The van der Waals surface area contributed by atoms with Crippen molar-refractivity contribution in [3.8, 4) is 0 Å². The van der Waals surface area contributed by atoms with E-state index in [-0.39, 0.29) is 11.8 Å². The lowest BCUT2D eigenvalue weighted by molar-refractivity contribution is -0.122. The van der Waals surface area contributed by atoms with Gasteiger partial charge in [0, 0.05) is 12.5 Å². The maximum Gasteiger partial charge on any atom is 0.223 e. The van der Waals surface area contributed by atoms with Crippen molar-refractivity contribution in [2.75, 3.05) is 0 Å². The molecule has 0 heterocycles. The highest BCUT2D eigenvalue weighted by molar-refractivity contribution is 5.83. The Bertz CT molecular complexity index is 558. The minimum atomic E-state index is 0.207. The van der Waals surface area contributed by atoms with Gasteiger partial charge in [-0.3, -0.25) is 4.79 Å². The van der Waals surface area contributed by atoms with Crippen LogP contribution in [0, 0.1) is 5.92 Å². The Balaban J connectivity index is 1.74. The van der Waals surface area contributed by atoms with Gasteiger partial charge in [-0.15, -0.1) is 0 Å². The summed E-state index contributed by atoms with van der Waals surface area (Å²) < 4.78 is 0. The van der Waals surface area contributed by atoms with Crippen molar-refractivity contribution in [2.24, 2.45) is 5.92 Å². The second kappa shape index (κ2) is 4.21. The Morgan fingerprint density at radius 1 is 1.12 bits per heavy atom. The van der Waals surface area contributed by atoms with Crippen LogP contribution in [-0.2, 0) is 11.3 Å². The fraction of sp³-hybridized carbons (Fsp3) is 0.267. The maximum atomic E-state index is 11.5. The van der Waals surface area contributed by atoms with Crippen molar-refractivity contribution in [1.82, 2.24) is 5.32 Å². The molecular formula is C15H15NO. The topological polar surface area (TPSA) is 29.1 Å². The van der Waals surface area contributed by atoms with Crippen LogP contribution in [0.1, 0.15) is 18.4 Å². The van der Waals surface area contributed by atoms with Gasteiger partial charge >= 0.3 is 0 Å². The van der Waals surface area contributed by atoms with Crippen LogP contribution in [0.15, 0.2) is 42.5 Å². The third-order valence-electron chi connectivity index (χ3n) is 3.23. The average molecular weight is 225 g/mol. The van der Waals surface area contributed by atoms with Crippen LogP contribution < -0.4 is 5.32 Å². The Kier molecular flexibility index (Phi) is 2.56. The monoisotopic (exact) mass is 225 g/mol. The predicted molar refractivity (Wildman–Crippen MR) is 68.5 cm³/mol. The molecule has 2 heteroatoms. The fourth-order valence-corrected chi connectivity index (χ4v) is 2.03. The van der Waals surface area contributed by atoms with Crippen LogP contribution in [-0.4, -0.2) is 5.91 Å². The summed E-state index contributed by atoms with van der Waals surface area (Å²) in [5.41, 5.74) is 1.16. The molecule has 1 aliphatic carbocycles. The van der Waals surface area contributed by atoms with Crippen LogP contribution in [0.3, 0.4) is 0 Å². The molecule has 1 aliphatic rings. The molecule has 17 heavy (non-hydrogen) atoms. The lowest BCUT2D eigenvalue weighted by Crippen LogP contribution is -2.24. The molecule has 2 nitrogen and oxygen atoms in total. The SMILES string of the molecule is O=C(NCc1ccc2ccccc2c1)C1CC1. The van der Waals surface area contributed by atoms with Crippen molar-refractivity contribution >= 4 is 16.7 Å². The van der Waals surface area contributed by atoms with Crippen molar-refractivity contribution < 1.29 is 4.79 Å². The minimum absolute atomic E-state index is 0.207. The number of benzene rings is 2. The summed E-state index contributed by atoms with van der Waals surface area (Å²) in [6, 6.07) is 14.6. The van der Waals surface area contributed by atoms with Gasteiger partial charge in [0.05, 0.1) is 0 Å². The molecule has 0 radical (unpaired) electrons. The summed E-state index contributed by atoms with van der Waals surface area (Å²) in [6.45, 7) is 0.639. The molecule has 0 spiro atoms. The van der Waals surface area contributed by atoms with Gasteiger partial charge in [0.1, 0.15) is 0 Å². The Morgan fingerprint density at radius 2 is 1.88 bits per heavy atom. The van der Waals surface area contributed by atoms with Gasteiger partial charge in [0.2, 0.25) is 5.91 Å². The first-order chi connectivity index (χ1) is 8.33. The van der Waals surface area contributed by atoms with Crippen molar-refractivity contribution in [3.05, 3.63) is 48.0 Å². The highest BCUT2D eigenvalue weighted by Gasteiger charge is 2.29. The van der Waals surface area contributed by atoms with Gasteiger partial charge in [-0.25, -0.2) is 0 Å². The molecule has 2 aromatic carbocycles. The second-order valence-corrected chi connectivity index (χ2v) is 4.67. The first kappa shape index (κ1) is 10.3. The Morgan fingerprint density at radius 3 is 2.65 bits per heavy atom. The van der Waals surface area contributed by atoms with Gasteiger partial charge in [-0.1, -0.05) is 36.4 Å². The normalized spacial score (nSPS) is 14.8. The van der Waals surface area contributed by atoms with E-state index in [0.717, 1.165) is 18.4 Å². The van der Waals surface area contributed by atoms with E-state index in [2.05, 4.69) is 35.6 Å². The first-order valence-corrected chi connectivity index (χ1v) is 6.08. The van der Waals surface area contributed by atoms with Gasteiger partial charge < -0.3 is 5.32 Å². The number of hydrogen-bond acceptors (Lipinski definition) is 1. The van der Waals surface area contributed by atoms with Gasteiger partial charge in [0.25, 0.3) is 0 Å². The summed E-state index contributed by atoms with van der Waals surface area (Å²) in [4.78, 5) is 11.5. The molecule has 0 aliphatic heterocycles. The Labute approximate surface area is 101 Å². The lowest BCUT2D eigenvalue weighted by atomic mass is 10.1. The second-order valence-electron chi connectivity index (χ2n) is 4.67. The summed E-state index contributed by atoms with van der Waals surface area (Å²) in [7, 11) is 0. The third-order valence-corrected chi connectivity index (χ3v) is 3.23. The van der Waals surface area contributed by atoms with Gasteiger partial charge in [0.15, 0.2) is 0 Å². The number of carbonyl (C=O) groups excluding carboxylic acids is 1. The number of nitrogens with one attached hydrogen (secondary N) is 1. The standard InChI is InChI=1S/C15H15NO/c17-15(13-7-8-13)16-10-11-5-6-12-3-1-2-4-14(12)9-11/h1-6,9,13H,7-8,10H2,(H,16,17). The summed E-state index contributed by atoms with van der Waals surface area (Å²) in [5, 5.41) is 5.45. The third kappa shape index (κ3) is 2.31. The zero-order chi connectivity index (χ0) is 11.7. The van der Waals surface area contributed by atoms with E-state index in [1.54, 1.807) is 0 Å². The summed E-state index contributed by atoms with van der Waals surface area (Å²) >= 11 is 0. The zero-order valence-electron chi connectivity index (χ0n) is 9.65. The smallest absolute Gasteiger partial charge is 0.223 e. The maximum absolute atomic E-state index is 11.5. The molecule has 1 saturated carbocycles. The molecule has 0 aromatic heterocycles. The summed E-state index contributed by atoms with van der Waals surface area (Å²) in [6.07, 6.45) is 2.12. The number of rotatable bonds is 3. The van der Waals surface area contributed by atoms with Crippen molar-refractivity contribution in [3.63, 3.8) is 0 Å². The largest absolute Gasteiger partial charge is 0.352 e. The van der Waals surface area contributed by atoms with E-state index in [9.17, 15) is 4.79 Å². The molecular weight excluding hydrogens is 210 g/mol. The highest BCUT2D eigenvalue weighted by Crippen LogP contribution is 2.28. The molecule has 86 valence electrons. The first-order valence-electron chi connectivity index (χ1n) is 6.08. The highest BCUT2D eigenvalue weighted by atomic mass is 16.2. The predicted octanol–water partition coefficient (Wildman–Crippen LogP) is 2.87. The number of hydrogen-bond donors (Lipinski definition) is 1. The van der Waals surface area contributed by atoms with E-state index in [4.69, 9.17) is 0 Å². The van der Waals surface area contributed by atoms with E-state index in [1.807, 2.05) is 12.1 Å². The molecule has 1 amide bonds. The van der Waals surface area contributed by atoms with E-state index < -0.39 is 0 Å². The van der Waals surface area contributed by atoms with Crippen LogP contribution in [0.2, 0.25) is 0 Å². The molecule has 2 aromatic rings. The average Bonchev–Trinajstić information content (AvgIpc) is 3.20. The van der Waals surface area contributed by atoms with Crippen LogP contribution in [0.5, 0.6) is 0 Å². The van der Waals surface area contributed by atoms with E-state index in [1.165, 1.54) is 10.8 Å². The molecule has 0 saturated heterocycles. The van der Waals surface area contributed by atoms with Gasteiger partial charge in [-0.05, 0) is 35.2 Å². The minimum Gasteiger partial charge on any atom is -0.352 e. The molecule has 3 rings (SSSR count). The van der Waals surface area contributed by atoms with Crippen LogP contribution >= 0.6 is 0 Å². The molecule has 0 atom stereocenters. The number of fused-ring (bicyclic) bond motifs is 1. The zero-order valence-corrected chi connectivity index (χ0v) is 9.65. The van der Waals surface area contributed by atoms with Crippen LogP contribution in [0.25, 0.3) is 10.8 Å². The molecule has 0 unspecified atom stereocenters. The number of carbonyl (C=O) groups is 1. The van der Waals surface area contributed by atoms with Crippen molar-refractivity contribution in [1.29, 1.82) is 0 Å². The van der Waals surface area contributed by atoms with E-state index >= 15 is 0 Å². The quantitative estimate of drug-likeness (QED) is 0.855. The molecule has 1 N–H and O–H groups in total. The summed E-state index contributed by atoms with van der Waals surface area (Å²) in [5.74, 6) is 0.494. The molecule has 1 fully saturated rings.